The summed E-state index contributed by atoms with van der Waals surface area (Å²) in [6.07, 6.45) is 0. The van der Waals surface area contributed by atoms with Gasteiger partial charge in [-0.25, -0.2) is 0 Å². The number of ether oxygens (including phenoxy) is 1. The van der Waals surface area contributed by atoms with Crippen LogP contribution in [0.3, 0.4) is 0 Å². The lowest BCUT2D eigenvalue weighted by molar-refractivity contribution is -0.114. The molecule has 5 nitrogen and oxygen atoms in total. The lowest BCUT2D eigenvalue weighted by Gasteiger charge is -2.18. The van der Waals surface area contributed by atoms with Gasteiger partial charge in [-0.2, -0.15) is 0 Å². The number of nitrogens with one attached hydrogen (secondary N) is 1. The molecule has 0 aliphatic heterocycles. The van der Waals surface area contributed by atoms with Gasteiger partial charge >= 0.3 is 0 Å². The molecule has 0 heterocycles. The second kappa shape index (κ2) is 5.37. The van der Waals surface area contributed by atoms with Gasteiger partial charge in [0.2, 0.25) is 5.91 Å². The Labute approximate surface area is 94.6 Å². The zero-order valence-corrected chi connectivity index (χ0v) is 9.65. The normalized spacial score (nSPS) is 9.75. The zero-order valence-electron chi connectivity index (χ0n) is 9.65. The number of hydrogen-bond acceptors (Lipinski definition) is 4. The molecule has 16 heavy (non-hydrogen) atoms. The Kier molecular flexibility index (Phi) is 4.13. The highest BCUT2D eigenvalue weighted by molar-refractivity contribution is 5.89. The van der Waals surface area contributed by atoms with E-state index >= 15 is 0 Å². The number of hydroxylamine groups is 1. The number of carbonyl (C=O) groups excluding carboxylic acids is 1. The summed E-state index contributed by atoms with van der Waals surface area (Å²) in [5, 5.41) is 13.3. The van der Waals surface area contributed by atoms with Gasteiger partial charge in [-0.15, -0.1) is 0 Å². The first kappa shape index (κ1) is 12.3. The van der Waals surface area contributed by atoms with Crippen molar-refractivity contribution in [3.05, 3.63) is 18.2 Å². The van der Waals surface area contributed by atoms with Crippen LogP contribution in [0, 0.1) is 0 Å². The molecule has 0 fully saturated rings. The molecular weight excluding hydrogens is 208 g/mol. The Morgan fingerprint density at radius 2 is 2.25 bits per heavy atom. The van der Waals surface area contributed by atoms with Crippen LogP contribution in [0.25, 0.3) is 0 Å². The summed E-state index contributed by atoms with van der Waals surface area (Å²) in [6.45, 7) is 3.67. The summed E-state index contributed by atoms with van der Waals surface area (Å²) in [5.74, 6) is 0.399. The Morgan fingerprint density at radius 3 is 2.75 bits per heavy atom. The van der Waals surface area contributed by atoms with Crippen molar-refractivity contribution in [2.75, 3.05) is 24.0 Å². The molecule has 0 atom stereocenters. The van der Waals surface area contributed by atoms with Crippen molar-refractivity contribution in [1.82, 2.24) is 0 Å². The molecule has 2 N–H and O–H groups in total. The highest BCUT2D eigenvalue weighted by Gasteiger charge is 2.09. The molecule has 0 aromatic heterocycles. The molecule has 0 saturated carbocycles. The maximum absolute atomic E-state index is 10.9. The van der Waals surface area contributed by atoms with Gasteiger partial charge in [-0.1, -0.05) is 0 Å². The Hall–Kier alpha value is -1.75. The Morgan fingerprint density at radius 1 is 1.56 bits per heavy atom. The fourth-order valence-corrected chi connectivity index (χ4v) is 1.34. The molecule has 0 radical (unpaired) electrons. The van der Waals surface area contributed by atoms with E-state index < -0.39 is 0 Å². The van der Waals surface area contributed by atoms with Gasteiger partial charge in [0.25, 0.3) is 0 Å². The summed E-state index contributed by atoms with van der Waals surface area (Å²) in [4.78, 5) is 10.9. The lowest BCUT2D eigenvalue weighted by atomic mass is 10.2. The molecule has 0 unspecified atom stereocenters. The molecule has 0 spiro atoms. The van der Waals surface area contributed by atoms with Crippen LogP contribution in [0.15, 0.2) is 18.2 Å². The third-order valence-electron chi connectivity index (χ3n) is 2.08. The Balaban J connectivity index is 3.05. The predicted molar refractivity (Wildman–Crippen MR) is 62.1 cm³/mol. The van der Waals surface area contributed by atoms with E-state index in [0.717, 1.165) is 5.06 Å². The first-order valence-corrected chi connectivity index (χ1v) is 5.00. The van der Waals surface area contributed by atoms with E-state index in [2.05, 4.69) is 5.32 Å². The quantitative estimate of drug-likeness (QED) is 0.766. The molecular formula is C11H16N2O3. The van der Waals surface area contributed by atoms with E-state index in [9.17, 15) is 10.0 Å². The van der Waals surface area contributed by atoms with E-state index in [4.69, 9.17) is 4.74 Å². The number of rotatable bonds is 4. The summed E-state index contributed by atoms with van der Waals surface area (Å²) < 4.78 is 5.11. The van der Waals surface area contributed by atoms with E-state index in [-0.39, 0.29) is 5.91 Å². The van der Waals surface area contributed by atoms with Crippen molar-refractivity contribution < 1.29 is 14.7 Å². The van der Waals surface area contributed by atoms with E-state index in [1.54, 1.807) is 18.2 Å². The van der Waals surface area contributed by atoms with Crippen LogP contribution in [0.5, 0.6) is 5.75 Å². The molecule has 0 aliphatic carbocycles. The maximum Gasteiger partial charge on any atom is 0.221 e. The van der Waals surface area contributed by atoms with Crippen LogP contribution in [0.2, 0.25) is 0 Å². The first-order valence-electron chi connectivity index (χ1n) is 5.00. The largest absolute Gasteiger partial charge is 0.494 e. The van der Waals surface area contributed by atoms with Crippen LogP contribution in [0.1, 0.15) is 13.8 Å². The monoisotopic (exact) mass is 224 g/mol. The predicted octanol–water partition coefficient (Wildman–Crippen LogP) is 1.87. The van der Waals surface area contributed by atoms with Gasteiger partial charge in [-0.05, 0) is 25.1 Å². The number of benzene rings is 1. The summed E-state index contributed by atoms with van der Waals surface area (Å²) in [7, 11) is 1.53. The molecule has 1 aromatic rings. The van der Waals surface area contributed by atoms with Crippen molar-refractivity contribution in [1.29, 1.82) is 0 Å². The second-order valence-electron chi connectivity index (χ2n) is 3.28. The number of methoxy groups -OCH3 is 1. The van der Waals surface area contributed by atoms with Gasteiger partial charge in [0.1, 0.15) is 11.4 Å². The average molecular weight is 224 g/mol. The van der Waals surface area contributed by atoms with Crippen molar-refractivity contribution in [2.45, 2.75) is 13.8 Å². The van der Waals surface area contributed by atoms with Crippen LogP contribution in [0.4, 0.5) is 11.4 Å². The van der Waals surface area contributed by atoms with Crippen molar-refractivity contribution in [3.8, 4) is 5.75 Å². The topological polar surface area (TPSA) is 61.8 Å². The van der Waals surface area contributed by atoms with E-state index in [1.807, 2.05) is 6.92 Å². The smallest absolute Gasteiger partial charge is 0.221 e. The van der Waals surface area contributed by atoms with Crippen LogP contribution in [-0.2, 0) is 4.79 Å². The maximum atomic E-state index is 10.9. The van der Waals surface area contributed by atoms with Crippen LogP contribution in [-0.4, -0.2) is 24.8 Å². The Bertz CT molecular complexity index is 379. The van der Waals surface area contributed by atoms with Crippen LogP contribution >= 0.6 is 0 Å². The minimum atomic E-state index is -0.155. The molecule has 5 heteroatoms. The molecule has 0 bridgehead atoms. The molecule has 88 valence electrons. The minimum Gasteiger partial charge on any atom is -0.494 e. The van der Waals surface area contributed by atoms with Crippen LogP contribution < -0.4 is 15.1 Å². The summed E-state index contributed by atoms with van der Waals surface area (Å²) in [6, 6.07) is 5.07. The van der Waals surface area contributed by atoms with Gasteiger partial charge in [0, 0.05) is 19.2 Å². The fourth-order valence-electron chi connectivity index (χ4n) is 1.34. The van der Waals surface area contributed by atoms with E-state index in [1.165, 1.54) is 14.0 Å². The molecule has 1 amide bonds. The van der Waals surface area contributed by atoms with Crippen molar-refractivity contribution in [2.24, 2.45) is 0 Å². The number of amides is 1. The first-order chi connectivity index (χ1) is 7.58. The van der Waals surface area contributed by atoms with Crippen molar-refractivity contribution >= 4 is 17.3 Å². The van der Waals surface area contributed by atoms with Gasteiger partial charge < -0.3 is 10.1 Å². The van der Waals surface area contributed by atoms with E-state index in [0.29, 0.717) is 23.7 Å². The summed E-state index contributed by atoms with van der Waals surface area (Å²) >= 11 is 0. The highest BCUT2D eigenvalue weighted by Crippen LogP contribution is 2.30. The zero-order chi connectivity index (χ0) is 12.1. The van der Waals surface area contributed by atoms with Gasteiger partial charge in [0.05, 0.1) is 7.11 Å². The fraction of sp³-hybridized carbons (Fsp3) is 0.364. The highest BCUT2D eigenvalue weighted by atomic mass is 16.5. The summed E-state index contributed by atoms with van der Waals surface area (Å²) in [5.41, 5.74) is 1.15. The molecule has 0 aliphatic rings. The standard InChI is InChI=1S/C11H16N2O3/c1-4-13(15)10-7-9(12-8(2)14)5-6-11(10)16-3/h5-7,15H,4H2,1-3H3,(H,12,14). The SMILES string of the molecule is CCN(O)c1cc(NC(C)=O)ccc1OC. The average Bonchev–Trinajstić information content (AvgIpc) is 2.27. The third-order valence-corrected chi connectivity index (χ3v) is 2.08. The molecule has 0 saturated heterocycles. The second-order valence-corrected chi connectivity index (χ2v) is 3.28. The van der Waals surface area contributed by atoms with Gasteiger partial charge in [0.15, 0.2) is 0 Å². The number of carbonyl (C=O) groups is 1. The minimum absolute atomic E-state index is 0.155. The molecule has 1 rings (SSSR count). The third kappa shape index (κ3) is 2.87. The number of hydrogen-bond donors (Lipinski definition) is 2. The molecule has 1 aromatic carbocycles. The van der Waals surface area contributed by atoms with Gasteiger partial charge in [-0.3, -0.25) is 15.1 Å². The lowest BCUT2D eigenvalue weighted by Crippen LogP contribution is -2.18. The van der Waals surface area contributed by atoms with Crippen molar-refractivity contribution in [3.63, 3.8) is 0 Å². The number of anilines is 2. The number of nitrogens with zero attached hydrogens (tertiary/aromatic N) is 1.